The van der Waals surface area contributed by atoms with Crippen molar-refractivity contribution < 1.29 is 0 Å². The van der Waals surface area contributed by atoms with Crippen LogP contribution in [0.5, 0.6) is 0 Å². The summed E-state index contributed by atoms with van der Waals surface area (Å²) in [7, 11) is 0. The molecule has 0 bridgehead atoms. The minimum Gasteiger partial charge on any atom is -0.370 e. The van der Waals surface area contributed by atoms with E-state index >= 15 is 0 Å². The second-order valence-corrected chi connectivity index (χ2v) is 3.90. The third-order valence-corrected chi connectivity index (χ3v) is 2.50. The van der Waals surface area contributed by atoms with Gasteiger partial charge in [0.15, 0.2) is 0 Å². The van der Waals surface area contributed by atoms with Crippen molar-refractivity contribution in [3.8, 4) is 0 Å². The molecule has 6 nitrogen and oxygen atoms in total. The van der Waals surface area contributed by atoms with Crippen molar-refractivity contribution in [3.63, 3.8) is 0 Å². The third kappa shape index (κ3) is 3.74. The Morgan fingerprint density at radius 3 is 2.61 bits per heavy atom. The van der Waals surface area contributed by atoms with Gasteiger partial charge >= 0.3 is 0 Å². The molecule has 2 aromatic heterocycles. The Balaban J connectivity index is 1.81. The molecule has 0 radical (unpaired) electrons. The van der Waals surface area contributed by atoms with Gasteiger partial charge in [0.2, 0.25) is 0 Å². The molecule has 0 fully saturated rings. The van der Waals surface area contributed by atoms with Crippen LogP contribution < -0.4 is 16.4 Å². The fourth-order valence-corrected chi connectivity index (χ4v) is 1.60. The summed E-state index contributed by atoms with van der Waals surface area (Å²) in [5.74, 6) is 1.61. The summed E-state index contributed by atoms with van der Waals surface area (Å²) in [5.41, 5.74) is 6.70. The average Bonchev–Trinajstić information content (AvgIpc) is 2.90. The topological polar surface area (TPSA) is 91.7 Å². The van der Waals surface area contributed by atoms with Gasteiger partial charge in [-0.2, -0.15) is 0 Å². The molecule has 5 N–H and O–H groups in total. The SMILES string of the molecule is NCCNc1cc(NCCc2cc[nH]c2)ncn1. The molecule has 0 aliphatic carbocycles. The van der Waals surface area contributed by atoms with Gasteiger partial charge < -0.3 is 21.4 Å². The zero-order chi connectivity index (χ0) is 12.6. The van der Waals surface area contributed by atoms with E-state index in [9.17, 15) is 0 Å². The van der Waals surface area contributed by atoms with Crippen LogP contribution in [0.25, 0.3) is 0 Å². The molecular weight excluding hydrogens is 228 g/mol. The Morgan fingerprint density at radius 1 is 1.17 bits per heavy atom. The van der Waals surface area contributed by atoms with Crippen LogP contribution in [0.15, 0.2) is 30.9 Å². The van der Waals surface area contributed by atoms with Crippen LogP contribution >= 0.6 is 0 Å². The van der Waals surface area contributed by atoms with Crippen molar-refractivity contribution in [3.05, 3.63) is 36.4 Å². The number of hydrogen-bond donors (Lipinski definition) is 4. The molecule has 0 amide bonds. The number of anilines is 2. The Labute approximate surface area is 106 Å². The first kappa shape index (κ1) is 12.4. The smallest absolute Gasteiger partial charge is 0.131 e. The van der Waals surface area contributed by atoms with Crippen molar-refractivity contribution in [1.29, 1.82) is 0 Å². The molecular formula is C12H18N6. The summed E-state index contributed by atoms with van der Waals surface area (Å²) in [6.07, 6.45) is 6.42. The van der Waals surface area contributed by atoms with Crippen LogP contribution in [-0.4, -0.2) is 34.6 Å². The van der Waals surface area contributed by atoms with E-state index < -0.39 is 0 Å². The molecule has 0 spiro atoms. The number of H-pyrrole nitrogens is 1. The van der Waals surface area contributed by atoms with E-state index in [1.165, 1.54) is 11.9 Å². The molecule has 0 unspecified atom stereocenters. The van der Waals surface area contributed by atoms with Crippen LogP contribution in [0.2, 0.25) is 0 Å². The number of rotatable bonds is 7. The molecule has 96 valence electrons. The van der Waals surface area contributed by atoms with Gasteiger partial charge in [-0.1, -0.05) is 0 Å². The number of nitrogens with two attached hydrogens (primary N) is 1. The lowest BCUT2D eigenvalue weighted by Crippen LogP contribution is -2.14. The third-order valence-electron chi connectivity index (χ3n) is 2.50. The van der Waals surface area contributed by atoms with Gasteiger partial charge in [0.25, 0.3) is 0 Å². The van der Waals surface area contributed by atoms with Crippen molar-refractivity contribution in [1.82, 2.24) is 15.0 Å². The first-order chi connectivity index (χ1) is 8.88. The van der Waals surface area contributed by atoms with Gasteiger partial charge in [0, 0.05) is 38.1 Å². The molecule has 0 saturated heterocycles. The van der Waals surface area contributed by atoms with Crippen LogP contribution in [0.1, 0.15) is 5.56 Å². The first-order valence-electron chi connectivity index (χ1n) is 6.00. The summed E-state index contributed by atoms with van der Waals surface area (Å²) < 4.78 is 0. The summed E-state index contributed by atoms with van der Waals surface area (Å²) in [6.45, 7) is 2.13. The summed E-state index contributed by atoms with van der Waals surface area (Å²) in [6, 6.07) is 3.95. The summed E-state index contributed by atoms with van der Waals surface area (Å²) >= 11 is 0. The Bertz CT molecular complexity index is 453. The second-order valence-electron chi connectivity index (χ2n) is 3.90. The Morgan fingerprint density at radius 2 is 1.94 bits per heavy atom. The van der Waals surface area contributed by atoms with Crippen molar-refractivity contribution in [2.24, 2.45) is 5.73 Å². The zero-order valence-corrected chi connectivity index (χ0v) is 10.2. The fraction of sp³-hybridized carbons (Fsp3) is 0.333. The van der Waals surface area contributed by atoms with E-state index in [1.807, 2.05) is 18.5 Å². The lowest BCUT2D eigenvalue weighted by atomic mass is 10.2. The standard InChI is InChI=1S/C12H18N6/c13-3-6-16-12-7-11(17-9-18-12)15-5-2-10-1-4-14-8-10/h1,4,7-9,14H,2-3,5-6,13H2,(H2,15,16,17,18). The maximum atomic E-state index is 5.42. The minimum absolute atomic E-state index is 0.584. The van der Waals surface area contributed by atoms with Crippen LogP contribution in [-0.2, 0) is 6.42 Å². The van der Waals surface area contributed by atoms with E-state index in [2.05, 4.69) is 31.7 Å². The number of hydrogen-bond acceptors (Lipinski definition) is 5. The predicted molar refractivity (Wildman–Crippen MR) is 72.6 cm³/mol. The van der Waals surface area contributed by atoms with Crippen LogP contribution in [0.4, 0.5) is 11.6 Å². The molecule has 0 aromatic carbocycles. The lowest BCUT2D eigenvalue weighted by molar-refractivity contribution is 0.986. The van der Waals surface area contributed by atoms with Crippen LogP contribution in [0, 0.1) is 0 Å². The Kier molecular flexibility index (Phi) is 4.54. The van der Waals surface area contributed by atoms with Gasteiger partial charge in [0.1, 0.15) is 18.0 Å². The van der Waals surface area contributed by atoms with E-state index in [1.54, 1.807) is 0 Å². The van der Waals surface area contributed by atoms with Gasteiger partial charge in [-0.3, -0.25) is 0 Å². The fourth-order valence-electron chi connectivity index (χ4n) is 1.60. The van der Waals surface area contributed by atoms with E-state index in [0.717, 1.165) is 24.6 Å². The zero-order valence-electron chi connectivity index (χ0n) is 10.2. The molecule has 18 heavy (non-hydrogen) atoms. The van der Waals surface area contributed by atoms with Crippen molar-refractivity contribution in [2.45, 2.75) is 6.42 Å². The van der Waals surface area contributed by atoms with Gasteiger partial charge in [-0.25, -0.2) is 9.97 Å². The minimum atomic E-state index is 0.584. The molecule has 0 saturated carbocycles. The Hall–Kier alpha value is -2.08. The monoisotopic (exact) mass is 246 g/mol. The van der Waals surface area contributed by atoms with E-state index in [0.29, 0.717) is 13.1 Å². The summed E-state index contributed by atoms with van der Waals surface area (Å²) in [5, 5.41) is 6.38. The molecule has 2 heterocycles. The van der Waals surface area contributed by atoms with Crippen molar-refractivity contribution in [2.75, 3.05) is 30.3 Å². The number of aromatic nitrogens is 3. The number of aromatic amines is 1. The molecule has 0 aliphatic rings. The molecule has 2 rings (SSSR count). The number of nitrogens with one attached hydrogen (secondary N) is 3. The molecule has 6 heteroatoms. The van der Waals surface area contributed by atoms with Crippen molar-refractivity contribution >= 4 is 11.6 Å². The predicted octanol–water partition coefficient (Wildman–Crippen LogP) is 0.830. The lowest BCUT2D eigenvalue weighted by Gasteiger charge is -2.07. The number of nitrogens with zero attached hydrogens (tertiary/aromatic N) is 2. The summed E-state index contributed by atoms with van der Waals surface area (Å²) in [4.78, 5) is 11.3. The molecule has 0 atom stereocenters. The quantitative estimate of drug-likeness (QED) is 0.581. The largest absolute Gasteiger partial charge is 0.370 e. The molecule has 2 aromatic rings. The van der Waals surface area contributed by atoms with Gasteiger partial charge in [0.05, 0.1) is 0 Å². The highest BCUT2D eigenvalue weighted by Gasteiger charge is 1.98. The highest BCUT2D eigenvalue weighted by atomic mass is 15.1. The van der Waals surface area contributed by atoms with Gasteiger partial charge in [-0.15, -0.1) is 0 Å². The first-order valence-corrected chi connectivity index (χ1v) is 6.00. The van der Waals surface area contributed by atoms with E-state index in [4.69, 9.17) is 5.73 Å². The average molecular weight is 246 g/mol. The maximum Gasteiger partial charge on any atom is 0.131 e. The van der Waals surface area contributed by atoms with E-state index in [-0.39, 0.29) is 0 Å². The molecule has 0 aliphatic heterocycles. The normalized spacial score (nSPS) is 10.3. The van der Waals surface area contributed by atoms with Crippen LogP contribution in [0.3, 0.4) is 0 Å². The highest BCUT2D eigenvalue weighted by Crippen LogP contribution is 2.08. The highest BCUT2D eigenvalue weighted by molar-refractivity contribution is 5.46. The second kappa shape index (κ2) is 6.61. The maximum absolute atomic E-state index is 5.42. The van der Waals surface area contributed by atoms with Gasteiger partial charge in [-0.05, 0) is 18.1 Å².